The summed E-state index contributed by atoms with van der Waals surface area (Å²) in [7, 11) is 0. The lowest BCUT2D eigenvalue weighted by Crippen LogP contribution is -2.28. The fourth-order valence-corrected chi connectivity index (χ4v) is 0.253. The van der Waals surface area contributed by atoms with E-state index in [0.29, 0.717) is 6.29 Å². The summed E-state index contributed by atoms with van der Waals surface area (Å²) >= 11 is 0. The number of esters is 1. The van der Waals surface area contributed by atoms with Crippen molar-refractivity contribution in [3.05, 3.63) is 0 Å². The van der Waals surface area contributed by atoms with Crippen molar-refractivity contribution in [2.75, 3.05) is 6.61 Å². The van der Waals surface area contributed by atoms with Crippen molar-refractivity contribution in [1.29, 1.82) is 0 Å². The van der Waals surface area contributed by atoms with Crippen LogP contribution in [0.5, 0.6) is 0 Å². The lowest BCUT2D eigenvalue weighted by molar-refractivity contribution is -0.141. The molecule has 0 aromatic carbocycles. The van der Waals surface area contributed by atoms with Crippen LogP contribution in [0, 0.1) is 0 Å². The average molecular weight is 131 g/mol. The van der Waals surface area contributed by atoms with E-state index in [0.717, 1.165) is 0 Å². The molecule has 0 aliphatic rings. The van der Waals surface area contributed by atoms with Crippen LogP contribution in [0.25, 0.3) is 0 Å². The van der Waals surface area contributed by atoms with Gasteiger partial charge in [-0.1, -0.05) is 0 Å². The molecule has 0 radical (unpaired) electrons. The molecule has 1 atom stereocenters. The Morgan fingerprint density at radius 2 is 2.44 bits per heavy atom. The van der Waals surface area contributed by atoms with E-state index in [1.807, 2.05) is 0 Å². The Bertz CT molecular complexity index is 113. The molecule has 0 saturated heterocycles. The molecule has 0 saturated carbocycles. The molecule has 0 bridgehead atoms. The number of carbonyl (C=O) groups excluding carboxylic acids is 2. The van der Waals surface area contributed by atoms with E-state index in [9.17, 15) is 9.59 Å². The van der Waals surface area contributed by atoms with Crippen LogP contribution in [0.4, 0.5) is 0 Å². The summed E-state index contributed by atoms with van der Waals surface area (Å²) in [6.45, 7) is 1.23. The van der Waals surface area contributed by atoms with Crippen molar-refractivity contribution < 1.29 is 14.3 Å². The van der Waals surface area contributed by atoms with E-state index in [1.165, 1.54) is 6.92 Å². The zero-order chi connectivity index (χ0) is 7.28. The Kier molecular flexibility index (Phi) is 3.62. The van der Waals surface area contributed by atoms with E-state index >= 15 is 0 Å². The fourth-order valence-electron chi connectivity index (χ4n) is 0.253. The molecule has 4 heteroatoms. The molecule has 4 nitrogen and oxygen atoms in total. The largest absolute Gasteiger partial charge is 0.464 e. The van der Waals surface area contributed by atoms with Crippen molar-refractivity contribution in [2.45, 2.75) is 13.0 Å². The molecule has 0 aliphatic heterocycles. The lowest BCUT2D eigenvalue weighted by atomic mass is 10.4. The number of hydrogen-bond donors (Lipinski definition) is 1. The van der Waals surface area contributed by atoms with Gasteiger partial charge in [0, 0.05) is 6.92 Å². The second kappa shape index (κ2) is 4.03. The minimum atomic E-state index is -0.686. The van der Waals surface area contributed by atoms with Gasteiger partial charge in [-0.2, -0.15) is 0 Å². The Hall–Kier alpha value is -0.900. The topological polar surface area (TPSA) is 69.4 Å². The summed E-state index contributed by atoms with van der Waals surface area (Å²) in [5.41, 5.74) is 5.08. The summed E-state index contributed by atoms with van der Waals surface area (Å²) < 4.78 is 4.40. The van der Waals surface area contributed by atoms with Crippen LogP contribution in [-0.2, 0) is 14.3 Å². The van der Waals surface area contributed by atoms with Gasteiger partial charge in [0.15, 0.2) is 0 Å². The molecule has 52 valence electrons. The van der Waals surface area contributed by atoms with Gasteiger partial charge in [0.1, 0.15) is 12.9 Å². The van der Waals surface area contributed by atoms with Crippen LogP contribution < -0.4 is 5.73 Å². The molecule has 0 aromatic rings. The van der Waals surface area contributed by atoms with Gasteiger partial charge in [-0.25, -0.2) is 0 Å². The first-order valence-corrected chi connectivity index (χ1v) is 2.51. The number of ether oxygens (including phenoxy) is 1. The zero-order valence-corrected chi connectivity index (χ0v) is 5.16. The Morgan fingerprint density at radius 1 is 1.89 bits per heavy atom. The van der Waals surface area contributed by atoms with Gasteiger partial charge in [-0.15, -0.1) is 0 Å². The van der Waals surface area contributed by atoms with Crippen LogP contribution in [0.1, 0.15) is 6.92 Å². The van der Waals surface area contributed by atoms with E-state index in [4.69, 9.17) is 5.73 Å². The van der Waals surface area contributed by atoms with E-state index in [-0.39, 0.29) is 6.61 Å². The predicted molar refractivity (Wildman–Crippen MR) is 30.7 cm³/mol. The van der Waals surface area contributed by atoms with Gasteiger partial charge in [0.05, 0.1) is 6.04 Å². The van der Waals surface area contributed by atoms with Crippen LogP contribution >= 0.6 is 0 Å². The normalized spacial score (nSPS) is 12.2. The van der Waals surface area contributed by atoms with Crippen molar-refractivity contribution >= 4 is 12.3 Å². The highest BCUT2D eigenvalue weighted by atomic mass is 16.5. The Labute approximate surface area is 53.0 Å². The van der Waals surface area contributed by atoms with Gasteiger partial charge in [-0.05, 0) is 0 Å². The molecule has 0 rings (SSSR count). The minimum Gasteiger partial charge on any atom is -0.464 e. The molecule has 9 heavy (non-hydrogen) atoms. The molecule has 0 spiro atoms. The first-order valence-electron chi connectivity index (χ1n) is 2.51. The number of carbonyl (C=O) groups is 2. The number of nitrogens with two attached hydrogens (primary N) is 1. The fraction of sp³-hybridized carbons (Fsp3) is 0.600. The minimum absolute atomic E-state index is 0.0289. The first kappa shape index (κ1) is 8.10. The van der Waals surface area contributed by atoms with Gasteiger partial charge in [-0.3, -0.25) is 4.79 Å². The van der Waals surface area contributed by atoms with Crippen molar-refractivity contribution in [2.24, 2.45) is 5.73 Å². The van der Waals surface area contributed by atoms with Gasteiger partial charge >= 0.3 is 5.97 Å². The maximum absolute atomic E-state index is 10.1. The van der Waals surface area contributed by atoms with E-state index in [1.54, 1.807) is 0 Å². The summed E-state index contributed by atoms with van der Waals surface area (Å²) in [5.74, 6) is -0.424. The third-order valence-electron chi connectivity index (χ3n) is 0.654. The summed E-state index contributed by atoms with van der Waals surface area (Å²) in [6, 6.07) is -0.686. The second-order valence-electron chi connectivity index (χ2n) is 1.60. The number of rotatable bonds is 3. The van der Waals surface area contributed by atoms with E-state index in [2.05, 4.69) is 4.74 Å². The Morgan fingerprint density at radius 3 is 2.78 bits per heavy atom. The molecule has 1 unspecified atom stereocenters. The molecule has 0 fully saturated rings. The highest BCUT2D eigenvalue weighted by Crippen LogP contribution is 1.77. The van der Waals surface area contributed by atoms with Crippen LogP contribution in [-0.4, -0.2) is 24.9 Å². The molecule has 0 amide bonds. The van der Waals surface area contributed by atoms with Crippen molar-refractivity contribution in [1.82, 2.24) is 0 Å². The van der Waals surface area contributed by atoms with Crippen molar-refractivity contribution in [3.8, 4) is 0 Å². The van der Waals surface area contributed by atoms with Crippen LogP contribution in [0.15, 0.2) is 0 Å². The zero-order valence-electron chi connectivity index (χ0n) is 5.16. The number of hydrogen-bond acceptors (Lipinski definition) is 4. The van der Waals surface area contributed by atoms with Crippen LogP contribution in [0.2, 0.25) is 0 Å². The highest BCUT2D eigenvalue weighted by molar-refractivity contribution is 5.66. The smallest absolute Gasteiger partial charge is 0.302 e. The average Bonchev–Trinajstić information content (AvgIpc) is 1.83. The molecule has 2 N–H and O–H groups in total. The summed E-state index contributed by atoms with van der Waals surface area (Å²) in [5, 5.41) is 0. The van der Waals surface area contributed by atoms with Gasteiger partial charge in [0.2, 0.25) is 0 Å². The SMILES string of the molecule is CC(=O)OCC(N)C=O. The maximum atomic E-state index is 10.1. The first-order chi connectivity index (χ1) is 4.16. The van der Waals surface area contributed by atoms with Crippen molar-refractivity contribution in [3.63, 3.8) is 0 Å². The quantitative estimate of drug-likeness (QED) is 0.397. The predicted octanol–water partition coefficient (Wildman–Crippen LogP) is -0.924. The monoisotopic (exact) mass is 131 g/mol. The lowest BCUT2D eigenvalue weighted by Gasteiger charge is -2.01. The van der Waals surface area contributed by atoms with Crippen LogP contribution in [0.3, 0.4) is 0 Å². The third-order valence-corrected chi connectivity index (χ3v) is 0.654. The van der Waals surface area contributed by atoms with E-state index < -0.39 is 12.0 Å². The summed E-state index contributed by atoms with van der Waals surface area (Å²) in [6.07, 6.45) is 0.531. The molecule has 0 heterocycles. The second-order valence-corrected chi connectivity index (χ2v) is 1.60. The molecule has 0 aliphatic carbocycles. The van der Waals surface area contributed by atoms with Gasteiger partial charge in [0.25, 0.3) is 0 Å². The Balaban J connectivity index is 3.26. The molecular formula is C5H9NO3. The maximum Gasteiger partial charge on any atom is 0.302 e. The molecule has 0 aromatic heterocycles. The standard InChI is InChI=1S/C5H9NO3/c1-4(8)9-3-5(6)2-7/h2,5H,3,6H2,1H3. The third kappa shape index (κ3) is 4.96. The molecular weight excluding hydrogens is 122 g/mol. The van der Waals surface area contributed by atoms with Gasteiger partial charge < -0.3 is 15.3 Å². The summed E-state index contributed by atoms with van der Waals surface area (Å²) in [4.78, 5) is 19.9. The highest BCUT2D eigenvalue weighted by Gasteiger charge is 2.00. The number of aldehydes is 1.